The molecule has 0 amide bonds. The molecule has 0 unspecified atom stereocenters. The van der Waals surface area contributed by atoms with Crippen LogP contribution in [0.15, 0.2) is 108 Å². The normalized spacial score (nSPS) is 12.3. The van der Waals surface area contributed by atoms with Crippen LogP contribution in [0.4, 0.5) is 0 Å². The topological polar surface area (TPSA) is 72.0 Å². The Hall–Kier alpha value is -4.60. The molecule has 3 heterocycles. The van der Waals surface area contributed by atoms with Crippen LogP contribution in [0.3, 0.4) is 0 Å². The molecule has 256 valence electrons. The second-order valence-corrected chi connectivity index (χ2v) is 15.6. The molecule has 3 aromatic heterocycles. The van der Waals surface area contributed by atoms with Crippen LogP contribution in [-0.2, 0) is 37.3 Å². The summed E-state index contributed by atoms with van der Waals surface area (Å²) in [6.07, 6.45) is 5.55. The number of aromatic hydroxyl groups is 1. The summed E-state index contributed by atoms with van der Waals surface area (Å²) in [6.45, 7) is 17.6. The number of pyridine rings is 2. The summed E-state index contributed by atoms with van der Waals surface area (Å²) in [4.78, 5) is 14.5. The Morgan fingerprint density at radius 3 is 2.00 bits per heavy atom. The van der Waals surface area contributed by atoms with Crippen LogP contribution < -0.4 is 0 Å². The third-order valence-corrected chi connectivity index (χ3v) is 9.63. The molecule has 0 fully saturated rings. The maximum Gasteiger partial charge on any atom is 0.230 e. The third-order valence-electron chi connectivity index (χ3n) is 9.63. The number of hydrogen-bond acceptors (Lipinski definition) is 5. The minimum Gasteiger partial charge on any atom is -0.507 e. The van der Waals surface area contributed by atoms with E-state index < -0.39 is 0 Å². The van der Waals surface area contributed by atoms with Crippen LogP contribution in [-0.4, -0.2) is 20.1 Å². The third kappa shape index (κ3) is 6.52. The molecule has 0 saturated heterocycles. The zero-order valence-electron chi connectivity index (χ0n) is 29.8. The van der Waals surface area contributed by atoms with Gasteiger partial charge in [-0.15, -0.1) is 34.9 Å². The van der Waals surface area contributed by atoms with Crippen LogP contribution in [0.1, 0.15) is 77.6 Å². The van der Waals surface area contributed by atoms with Crippen molar-refractivity contribution in [2.45, 2.75) is 71.6 Å². The van der Waals surface area contributed by atoms with Gasteiger partial charge >= 0.3 is 0 Å². The van der Waals surface area contributed by atoms with Gasteiger partial charge in [0.2, 0.25) is 5.89 Å². The Balaban J connectivity index is 0.00000432. The molecule has 0 spiro atoms. The van der Waals surface area contributed by atoms with Gasteiger partial charge in [-0.25, -0.2) is 4.98 Å². The second kappa shape index (κ2) is 12.9. The first-order valence-electron chi connectivity index (χ1n) is 16.8. The van der Waals surface area contributed by atoms with Gasteiger partial charge in [-0.2, -0.15) is 0 Å². The molecular weight excluding hydrogens is 798 g/mol. The van der Waals surface area contributed by atoms with Gasteiger partial charge in [0.25, 0.3) is 0 Å². The van der Waals surface area contributed by atoms with E-state index >= 15 is 0 Å². The maximum absolute atomic E-state index is 11.0. The number of fused-ring (bicyclic) bond motifs is 2. The second-order valence-electron chi connectivity index (χ2n) is 15.6. The minimum atomic E-state index is -0.333. The van der Waals surface area contributed by atoms with Crippen LogP contribution in [0, 0.1) is 6.07 Å². The van der Waals surface area contributed by atoms with Crippen molar-refractivity contribution in [3.05, 3.63) is 132 Å². The van der Waals surface area contributed by atoms with E-state index in [0.717, 1.165) is 55.4 Å². The Morgan fingerprint density at radius 1 is 0.620 bits per heavy atom. The van der Waals surface area contributed by atoms with E-state index in [1.807, 2.05) is 42.9 Å². The van der Waals surface area contributed by atoms with E-state index in [9.17, 15) is 5.11 Å². The molecular formula is C44H42N3O2Pt-. The van der Waals surface area contributed by atoms with Gasteiger partial charge in [0.1, 0.15) is 11.3 Å². The Bertz CT molecular complexity index is 2340. The molecule has 0 aliphatic heterocycles. The van der Waals surface area contributed by atoms with Gasteiger partial charge in [-0.1, -0.05) is 109 Å². The molecule has 50 heavy (non-hydrogen) atoms. The fourth-order valence-corrected chi connectivity index (χ4v) is 6.40. The zero-order valence-corrected chi connectivity index (χ0v) is 32.1. The van der Waals surface area contributed by atoms with Crippen molar-refractivity contribution < 1.29 is 30.6 Å². The average Bonchev–Trinajstić information content (AvgIpc) is 3.51. The zero-order chi connectivity index (χ0) is 34.7. The minimum absolute atomic E-state index is 0. The first-order valence-corrected chi connectivity index (χ1v) is 16.8. The van der Waals surface area contributed by atoms with Crippen molar-refractivity contribution in [1.82, 2.24) is 15.0 Å². The largest absolute Gasteiger partial charge is 0.507 e. The molecule has 6 heteroatoms. The van der Waals surface area contributed by atoms with E-state index in [2.05, 4.69) is 121 Å². The van der Waals surface area contributed by atoms with Crippen LogP contribution in [0.2, 0.25) is 0 Å². The fourth-order valence-electron chi connectivity index (χ4n) is 6.40. The molecule has 0 aliphatic rings. The number of phenolic OH excluding ortho intramolecular Hbond substituents is 1. The summed E-state index contributed by atoms with van der Waals surface area (Å²) in [7, 11) is 0. The predicted molar refractivity (Wildman–Crippen MR) is 200 cm³/mol. The number of oxazole rings is 1. The molecule has 0 atom stereocenters. The fraction of sp³-hybridized carbons (Fsp3) is 0.250. The monoisotopic (exact) mass is 839 g/mol. The van der Waals surface area contributed by atoms with Crippen molar-refractivity contribution in [1.29, 1.82) is 0 Å². The summed E-state index contributed by atoms with van der Waals surface area (Å²) in [5, 5.41) is 12.0. The molecule has 0 bridgehead atoms. The number of benzene rings is 4. The number of phenols is 1. The van der Waals surface area contributed by atoms with Crippen molar-refractivity contribution in [3.8, 4) is 39.5 Å². The van der Waals surface area contributed by atoms with Crippen molar-refractivity contribution in [2.24, 2.45) is 0 Å². The number of aromatic nitrogens is 3. The standard InChI is InChI=1S/C44H42N3O2.Pt/c1-42(2,3)31-16-17-37(48)35(22-31)41-47-40-34(23-32(43(4,5)6)24-38(40)49-41)28-19-29(36-26-45-25-27-13-12-18-46-39(27)36)21-33(20-28)44(7,8)30-14-10-9-11-15-30;/h9-18,20-26,48H,1-8H3;/q-1;. The molecule has 5 nitrogen and oxygen atoms in total. The smallest absolute Gasteiger partial charge is 0.230 e. The molecule has 7 aromatic rings. The first-order chi connectivity index (χ1) is 23.2. The van der Waals surface area contributed by atoms with Crippen molar-refractivity contribution in [2.75, 3.05) is 0 Å². The SMILES string of the molecule is CC(C)(C)c1ccc(O)c(-c2nc3c(-c4[c-]c(-c5cncc6cccnc56)cc(C(C)(C)c5ccccc5)c4)cc(C(C)(C)C)cc3o2)c1.[Pt]. The van der Waals surface area contributed by atoms with E-state index in [1.165, 1.54) is 5.56 Å². The van der Waals surface area contributed by atoms with E-state index in [4.69, 9.17) is 14.4 Å². The van der Waals surface area contributed by atoms with Gasteiger partial charge in [0.05, 0.1) is 11.1 Å². The van der Waals surface area contributed by atoms with Crippen LogP contribution >= 0.6 is 0 Å². The van der Waals surface area contributed by atoms with E-state index in [0.29, 0.717) is 17.0 Å². The number of nitrogens with zero attached hydrogens (tertiary/aromatic N) is 3. The van der Waals surface area contributed by atoms with E-state index in [1.54, 1.807) is 6.07 Å². The maximum atomic E-state index is 11.0. The average molecular weight is 840 g/mol. The van der Waals surface area contributed by atoms with Gasteiger partial charge < -0.3 is 9.52 Å². The summed E-state index contributed by atoms with van der Waals surface area (Å²) in [6, 6.07) is 32.8. The van der Waals surface area contributed by atoms with Crippen LogP contribution in [0.5, 0.6) is 5.75 Å². The molecule has 0 saturated carbocycles. The van der Waals surface area contributed by atoms with Crippen molar-refractivity contribution in [3.63, 3.8) is 0 Å². The first kappa shape index (κ1) is 35.2. The summed E-state index contributed by atoms with van der Waals surface area (Å²) < 4.78 is 6.53. The molecule has 7 rings (SSSR count). The number of hydrogen-bond donors (Lipinski definition) is 1. The van der Waals surface area contributed by atoms with Gasteiger partial charge in [0, 0.05) is 56.0 Å². The van der Waals surface area contributed by atoms with Gasteiger partial charge in [-0.3, -0.25) is 9.97 Å². The summed E-state index contributed by atoms with van der Waals surface area (Å²) in [5.41, 5.74) is 10.4. The predicted octanol–water partition coefficient (Wildman–Crippen LogP) is 11.2. The summed E-state index contributed by atoms with van der Waals surface area (Å²) >= 11 is 0. The number of rotatable bonds is 5. The Kier molecular flexibility index (Phi) is 9.12. The molecule has 0 radical (unpaired) electrons. The van der Waals surface area contributed by atoms with Crippen molar-refractivity contribution >= 4 is 22.0 Å². The van der Waals surface area contributed by atoms with Gasteiger partial charge in [-0.05, 0) is 57.3 Å². The Morgan fingerprint density at radius 2 is 1.30 bits per heavy atom. The summed E-state index contributed by atoms with van der Waals surface area (Å²) in [5.74, 6) is 0.517. The molecule has 0 aliphatic carbocycles. The Labute approximate surface area is 309 Å². The molecule has 1 N–H and O–H groups in total. The quantitative estimate of drug-likeness (QED) is 0.175. The van der Waals surface area contributed by atoms with Crippen LogP contribution in [0.25, 0.3) is 55.7 Å². The van der Waals surface area contributed by atoms with Gasteiger partial charge in [0.15, 0.2) is 0 Å². The molecule has 4 aromatic carbocycles. The van der Waals surface area contributed by atoms with E-state index in [-0.39, 0.29) is 43.1 Å².